The number of pyridine rings is 1. The van der Waals surface area contributed by atoms with Crippen LogP contribution in [0.25, 0.3) is 5.82 Å². The van der Waals surface area contributed by atoms with Crippen LogP contribution in [0.1, 0.15) is 36.4 Å². The third-order valence-electron chi connectivity index (χ3n) is 3.63. The van der Waals surface area contributed by atoms with Gasteiger partial charge in [0.05, 0.1) is 5.69 Å². The van der Waals surface area contributed by atoms with Crippen molar-refractivity contribution < 1.29 is 0 Å². The normalized spacial score (nSPS) is 11.4. The van der Waals surface area contributed by atoms with E-state index in [9.17, 15) is 0 Å². The summed E-state index contributed by atoms with van der Waals surface area (Å²) in [5.41, 5.74) is 4.57. The topological polar surface area (TPSA) is 42.7 Å². The summed E-state index contributed by atoms with van der Waals surface area (Å²) in [5, 5.41) is 8.10. The Balaban J connectivity index is 2.36. The highest BCUT2D eigenvalue weighted by molar-refractivity contribution is 9.10. The molecule has 2 aromatic heterocycles. The van der Waals surface area contributed by atoms with Gasteiger partial charge < -0.3 is 5.32 Å². The average molecular weight is 351 g/mol. The molecule has 0 atom stereocenters. The van der Waals surface area contributed by atoms with Crippen molar-refractivity contribution >= 4 is 15.9 Å². The molecule has 114 valence electrons. The van der Waals surface area contributed by atoms with Gasteiger partial charge in [-0.05, 0) is 60.8 Å². The summed E-state index contributed by atoms with van der Waals surface area (Å²) in [4.78, 5) is 4.58. The van der Waals surface area contributed by atoms with E-state index in [-0.39, 0.29) is 0 Å². The molecule has 0 radical (unpaired) electrons. The number of hydrogen-bond acceptors (Lipinski definition) is 3. The maximum absolute atomic E-state index is 4.62. The minimum atomic E-state index is 0.629. The fourth-order valence-corrected chi connectivity index (χ4v) is 2.60. The Morgan fingerprint density at radius 3 is 2.57 bits per heavy atom. The van der Waals surface area contributed by atoms with E-state index in [4.69, 9.17) is 0 Å². The van der Waals surface area contributed by atoms with E-state index >= 15 is 0 Å². The van der Waals surface area contributed by atoms with Gasteiger partial charge in [-0.3, -0.25) is 0 Å². The molecule has 0 aromatic carbocycles. The van der Waals surface area contributed by atoms with Crippen LogP contribution < -0.4 is 5.32 Å². The summed E-state index contributed by atoms with van der Waals surface area (Å²) < 4.78 is 2.94. The molecule has 0 saturated heterocycles. The largest absolute Gasteiger partial charge is 0.312 e. The maximum Gasteiger partial charge on any atom is 0.158 e. The summed E-state index contributed by atoms with van der Waals surface area (Å²) in [5.74, 6) is 1.53. The second kappa shape index (κ2) is 6.71. The summed E-state index contributed by atoms with van der Waals surface area (Å²) in [6.45, 7) is 12.4. The fourth-order valence-electron chi connectivity index (χ4n) is 2.22. The molecular formula is C16H23BrN4. The van der Waals surface area contributed by atoms with Crippen molar-refractivity contribution in [2.24, 2.45) is 5.92 Å². The summed E-state index contributed by atoms with van der Waals surface area (Å²) >= 11 is 3.51. The summed E-state index contributed by atoms with van der Waals surface area (Å²) in [6, 6.07) is 2.11. The minimum absolute atomic E-state index is 0.629. The Kier molecular flexibility index (Phi) is 5.17. The van der Waals surface area contributed by atoms with Crippen LogP contribution in [0.4, 0.5) is 0 Å². The Labute approximate surface area is 135 Å². The molecule has 5 heteroatoms. The van der Waals surface area contributed by atoms with Crippen molar-refractivity contribution in [2.75, 3.05) is 6.54 Å². The molecule has 0 bridgehead atoms. The fraction of sp³-hybridized carbons (Fsp3) is 0.500. The molecule has 1 N–H and O–H groups in total. The molecule has 0 amide bonds. The van der Waals surface area contributed by atoms with Crippen LogP contribution in [0.5, 0.6) is 0 Å². The number of nitrogens with one attached hydrogen (secondary N) is 1. The number of hydrogen-bond donors (Lipinski definition) is 1. The molecule has 0 aliphatic heterocycles. The molecule has 0 saturated carbocycles. The zero-order valence-corrected chi connectivity index (χ0v) is 15.0. The van der Waals surface area contributed by atoms with Gasteiger partial charge in [0.15, 0.2) is 5.82 Å². The van der Waals surface area contributed by atoms with Crippen molar-refractivity contribution in [1.29, 1.82) is 0 Å². The van der Waals surface area contributed by atoms with E-state index in [2.05, 4.69) is 65.1 Å². The molecule has 21 heavy (non-hydrogen) atoms. The summed E-state index contributed by atoms with van der Waals surface area (Å²) in [7, 11) is 0. The highest BCUT2D eigenvalue weighted by Crippen LogP contribution is 2.21. The number of nitrogens with zero attached hydrogens (tertiary/aromatic N) is 3. The van der Waals surface area contributed by atoms with Gasteiger partial charge in [-0.15, -0.1) is 0 Å². The third kappa shape index (κ3) is 3.71. The van der Waals surface area contributed by atoms with Crippen molar-refractivity contribution in [3.05, 3.63) is 39.3 Å². The van der Waals surface area contributed by atoms with Gasteiger partial charge in [-0.25, -0.2) is 9.67 Å². The Morgan fingerprint density at radius 1 is 1.29 bits per heavy atom. The van der Waals surface area contributed by atoms with Gasteiger partial charge in [0.1, 0.15) is 0 Å². The van der Waals surface area contributed by atoms with Gasteiger partial charge in [0, 0.05) is 28.5 Å². The zero-order chi connectivity index (χ0) is 15.6. The van der Waals surface area contributed by atoms with E-state index in [1.54, 1.807) is 0 Å². The quantitative estimate of drug-likeness (QED) is 0.893. The minimum Gasteiger partial charge on any atom is -0.312 e. The van der Waals surface area contributed by atoms with Crippen molar-refractivity contribution in [3.8, 4) is 5.82 Å². The van der Waals surface area contributed by atoms with Crippen LogP contribution in [-0.4, -0.2) is 21.3 Å². The number of aryl methyl sites for hydroxylation is 1. The first-order chi connectivity index (χ1) is 9.90. The Hall–Kier alpha value is -1.20. The van der Waals surface area contributed by atoms with E-state index < -0.39 is 0 Å². The Bertz CT molecular complexity index is 631. The van der Waals surface area contributed by atoms with Gasteiger partial charge in [-0.1, -0.05) is 13.8 Å². The molecule has 2 aromatic rings. The molecule has 0 aliphatic rings. The number of rotatable bonds is 5. The van der Waals surface area contributed by atoms with Crippen molar-refractivity contribution in [3.63, 3.8) is 0 Å². The lowest BCUT2D eigenvalue weighted by atomic mass is 10.2. The number of aromatic nitrogens is 3. The van der Waals surface area contributed by atoms with Crippen LogP contribution in [0.2, 0.25) is 0 Å². The molecule has 2 heterocycles. The predicted molar refractivity (Wildman–Crippen MR) is 89.8 cm³/mol. The zero-order valence-electron chi connectivity index (χ0n) is 13.4. The molecular weight excluding hydrogens is 328 g/mol. The van der Waals surface area contributed by atoms with Gasteiger partial charge in [0.2, 0.25) is 0 Å². The first-order valence-electron chi connectivity index (χ1n) is 7.28. The molecule has 4 nitrogen and oxygen atoms in total. The standard InChI is InChI=1S/C16H23BrN4/c1-10(2)7-18-8-14-6-15(17)9-19-16(14)21-13(5)11(3)12(4)20-21/h6,9-10,18H,7-8H2,1-5H3. The van der Waals surface area contributed by atoms with Crippen LogP contribution >= 0.6 is 15.9 Å². The van der Waals surface area contributed by atoms with Gasteiger partial charge >= 0.3 is 0 Å². The van der Waals surface area contributed by atoms with Crippen molar-refractivity contribution in [2.45, 2.75) is 41.2 Å². The average Bonchev–Trinajstić information content (AvgIpc) is 2.66. The van der Waals surface area contributed by atoms with Crippen molar-refractivity contribution in [1.82, 2.24) is 20.1 Å². The highest BCUT2D eigenvalue weighted by atomic mass is 79.9. The first kappa shape index (κ1) is 16.2. The van der Waals surface area contributed by atoms with Crippen LogP contribution in [0.15, 0.2) is 16.7 Å². The second-order valence-electron chi connectivity index (χ2n) is 5.87. The van der Waals surface area contributed by atoms with Crippen LogP contribution in [0, 0.1) is 26.7 Å². The highest BCUT2D eigenvalue weighted by Gasteiger charge is 2.14. The molecule has 2 rings (SSSR count). The summed E-state index contributed by atoms with van der Waals surface area (Å²) in [6.07, 6.45) is 1.83. The first-order valence-corrected chi connectivity index (χ1v) is 8.07. The van der Waals surface area contributed by atoms with Gasteiger partial charge in [0.25, 0.3) is 0 Å². The molecule has 0 unspecified atom stereocenters. The van der Waals surface area contributed by atoms with E-state index in [1.165, 1.54) is 5.56 Å². The molecule has 0 spiro atoms. The van der Waals surface area contributed by atoms with Crippen LogP contribution in [0.3, 0.4) is 0 Å². The second-order valence-corrected chi connectivity index (χ2v) is 6.78. The van der Waals surface area contributed by atoms with Gasteiger partial charge in [-0.2, -0.15) is 5.10 Å². The predicted octanol–water partition coefficient (Wildman–Crippen LogP) is 3.70. The lowest BCUT2D eigenvalue weighted by Crippen LogP contribution is -2.20. The monoisotopic (exact) mass is 350 g/mol. The smallest absolute Gasteiger partial charge is 0.158 e. The van der Waals surface area contributed by atoms with E-state index in [0.717, 1.165) is 40.3 Å². The number of halogens is 1. The lowest BCUT2D eigenvalue weighted by molar-refractivity contribution is 0.550. The van der Waals surface area contributed by atoms with E-state index in [1.807, 2.05) is 17.8 Å². The Morgan fingerprint density at radius 2 is 2.00 bits per heavy atom. The van der Waals surface area contributed by atoms with E-state index in [0.29, 0.717) is 5.92 Å². The lowest BCUT2D eigenvalue weighted by Gasteiger charge is -2.13. The molecule has 0 aliphatic carbocycles. The third-order valence-corrected chi connectivity index (χ3v) is 4.06. The molecule has 0 fully saturated rings. The van der Waals surface area contributed by atoms with Crippen LogP contribution in [-0.2, 0) is 6.54 Å². The SMILES string of the molecule is Cc1nn(-c2ncc(Br)cc2CNCC(C)C)c(C)c1C. The maximum atomic E-state index is 4.62.